The molecule has 9 heteroatoms. The summed E-state index contributed by atoms with van der Waals surface area (Å²) in [6.07, 6.45) is 1.30. The maximum atomic E-state index is 13.3. The number of nitrogens with two attached hydrogens (primary N) is 1. The van der Waals surface area contributed by atoms with Gasteiger partial charge in [0.2, 0.25) is 0 Å². The van der Waals surface area contributed by atoms with E-state index in [0.29, 0.717) is 47.8 Å². The molecule has 0 amide bonds. The van der Waals surface area contributed by atoms with Crippen molar-refractivity contribution in [2.24, 2.45) is 0 Å². The molecule has 2 N–H and O–H groups in total. The molecule has 3 aromatic rings. The molecule has 162 valence electrons. The maximum Gasteiger partial charge on any atom is 0.275 e. The fourth-order valence-electron chi connectivity index (χ4n) is 3.51. The molecule has 2 heterocycles. The fraction of sp³-hybridized carbons (Fsp3) is 0.273. The minimum atomic E-state index is -0.882. The zero-order valence-electron chi connectivity index (χ0n) is 16.6. The number of hydrogen-bond acceptors (Lipinski definition) is 6. The third-order valence-corrected chi connectivity index (χ3v) is 6.21. The molecule has 31 heavy (non-hydrogen) atoms. The quantitative estimate of drug-likeness (QED) is 0.319. The van der Waals surface area contributed by atoms with Crippen LogP contribution in [-0.2, 0) is 15.3 Å². The Bertz CT molecular complexity index is 1100. The zero-order valence-corrected chi connectivity index (χ0v) is 18.2. The van der Waals surface area contributed by atoms with Crippen LogP contribution in [-0.4, -0.2) is 28.5 Å². The summed E-state index contributed by atoms with van der Waals surface area (Å²) < 4.78 is 26.9. The zero-order chi connectivity index (χ0) is 21.8. The van der Waals surface area contributed by atoms with Crippen LogP contribution in [0.1, 0.15) is 18.4 Å². The van der Waals surface area contributed by atoms with Gasteiger partial charge in [-0.3, -0.25) is 9.36 Å². The van der Waals surface area contributed by atoms with Gasteiger partial charge in [0.05, 0.1) is 13.2 Å². The fourth-order valence-corrected chi connectivity index (χ4v) is 4.60. The molecular weight excluding hydrogens is 441 g/mol. The number of rotatable bonds is 7. The largest absolute Gasteiger partial charge is 0.385 e. The summed E-state index contributed by atoms with van der Waals surface area (Å²) in [6, 6.07) is 14.6. The van der Waals surface area contributed by atoms with Gasteiger partial charge in [-0.25, -0.2) is 4.39 Å². The van der Waals surface area contributed by atoms with Crippen molar-refractivity contribution >= 4 is 29.2 Å². The van der Waals surface area contributed by atoms with Gasteiger partial charge in [-0.2, -0.15) is 4.98 Å². The number of nitrogens with zero attached hydrogens (tertiary/aromatic N) is 2. The standard InChI is InChI=1S/C22H21ClFN3O3S/c23-16-4-8-18(9-5-16)27-19(25)14-20(28)26-21(27)31-13-1-10-22(29-11-12-30-22)15-2-6-17(24)7-3-15/h2-9,14H,1,10-13,25H2. The molecular formula is C22H21ClFN3O3S. The van der Waals surface area contributed by atoms with Crippen LogP contribution in [0.4, 0.5) is 10.2 Å². The molecule has 0 bridgehead atoms. The molecule has 4 rings (SSSR count). The summed E-state index contributed by atoms with van der Waals surface area (Å²) in [5, 5.41) is 1.10. The highest BCUT2D eigenvalue weighted by Crippen LogP contribution is 2.37. The molecule has 1 saturated heterocycles. The molecule has 1 aliphatic rings. The first-order valence-electron chi connectivity index (χ1n) is 9.79. The normalized spacial score (nSPS) is 15.3. The number of aromatic nitrogens is 2. The van der Waals surface area contributed by atoms with E-state index in [1.54, 1.807) is 28.8 Å². The average Bonchev–Trinajstić information content (AvgIpc) is 3.22. The topological polar surface area (TPSA) is 79.4 Å². The lowest BCUT2D eigenvalue weighted by molar-refractivity contribution is -0.170. The van der Waals surface area contributed by atoms with Crippen molar-refractivity contribution in [3.8, 4) is 5.69 Å². The Morgan fingerprint density at radius 3 is 2.48 bits per heavy atom. The van der Waals surface area contributed by atoms with E-state index < -0.39 is 11.3 Å². The highest BCUT2D eigenvalue weighted by Gasteiger charge is 2.38. The van der Waals surface area contributed by atoms with Crippen LogP contribution in [0.15, 0.2) is 64.5 Å². The first kappa shape index (κ1) is 21.8. The van der Waals surface area contributed by atoms with E-state index in [1.165, 1.54) is 30.0 Å². The minimum absolute atomic E-state index is 0.301. The lowest BCUT2D eigenvalue weighted by Gasteiger charge is -2.28. The molecule has 0 radical (unpaired) electrons. The van der Waals surface area contributed by atoms with Gasteiger partial charge in [-0.15, -0.1) is 0 Å². The summed E-state index contributed by atoms with van der Waals surface area (Å²) >= 11 is 7.41. The van der Waals surface area contributed by atoms with E-state index in [4.69, 9.17) is 26.8 Å². The second kappa shape index (κ2) is 9.40. The van der Waals surface area contributed by atoms with Crippen molar-refractivity contribution < 1.29 is 13.9 Å². The number of benzene rings is 2. The van der Waals surface area contributed by atoms with Gasteiger partial charge < -0.3 is 15.2 Å². The summed E-state index contributed by atoms with van der Waals surface area (Å²) in [4.78, 5) is 16.1. The molecule has 0 unspecified atom stereocenters. The van der Waals surface area contributed by atoms with E-state index in [2.05, 4.69) is 4.98 Å². The number of thioether (sulfide) groups is 1. The second-order valence-corrected chi connectivity index (χ2v) is 8.52. The van der Waals surface area contributed by atoms with Crippen molar-refractivity contribution in [2.75, 3.05) is 24.7 Å². The third kappa shape index (κ3) is 4.93. The number of ether oxygens (including phenoxy) is 2. The van der Waals surface area contributed by atoms with Crippen LogP contribution in [0.2, 0.25) is 5.02 Å². The summed E-state index contributed by atoms with van der Waals surface area (Å²) in [7, 11) is 0. The molecule has 0 aliphatic carbocycles. The highest BCUT2D eigenvalue weighted by atomic mass is 35.5. The second-order valence-electron chi connectivity index (χ2n) is 7.02. The van der Waals surface area contributed by atoms with E-state index >= 15 is 0 Å². The molecule has 0 spiro atoms. The summed E-state index contributed by atoms with van der Waals surface area (Å²) in [5.41, 5.74) is 7.27. The number of halogens is 2. The van der Waals surface area contributed by atoms with Crippen molar-refractivity contribution in [2.45, 2.75) is 23.8 Å². The molecule has 0 atom stereocenters. The first-order valence-corrected chi connectivity index (χ1v) is 11.2. The van der Waals surface area contributed by atoms with E-state index in [0.717, 1.165) is 11.3 Å². The van der Waals surface area contributed by atoms with Crippen molar-refractivity contribution in [1.29, 1.82) is 0 Å². The van der Waals surface area contributed by atoms with Gasteiger partial charge in [0, 0.05) is 34.5 Å². The third-order valence-electron chi connectivity index (χ3n) is 4.93. The van der Waals surface area contributed by atoms with Gasteiger partial charge in [0.1, 0.15) is 11.6 Å². The Hall–Kier alpha value is -2.39. The van der Waals surface area contributed by atoms with Gasteiger partial charge in [0.25, 0.3) is 5.56 Å². The smallest absolute Gasteiger partial charge is 0.275 e. The van der Waals surface area contributed by atoms with E-state index in [1.807, 2.05) is 12.1 Å². The SMILES string of the molecule is Nc1cc(=O)nc(SCCCC2(c3ccc(F)cc3)OCCO2)n1-c1ccc(Cl)cc1. The van der Waals surface area contributed by atoms with Gasteiger partial charge in [-0.1, -0.05) is 35.5 Å². The van der Waals surface area contributed by atoms with Crippen LogP contribution < -0.4 is 11.3 Å². The molecule has 0 saturated carbocycles. The number of anilines is 1. The van der Waals surface area contributed by atoms with E-state index in [9.17, 15) is 9.18 Å². The first-order chi connectivity index (χ1) is 15.0. The van der Waals surface area contributed by atoms with Crippen molar-refractivity contribution in [3.05, 3.63) is 81.4 Å². The van der Waals surface area contributed by atoms with Gasteiger partial charge >= 0.3 is 0 Å². The van der Waals surface area contributed by atoms with Crippen LogP contribution in [0.3, 0.4) is 0 Å². The number of hydrogen-bond donors (Lipinski definition) is 1. The molecule has 1 fully saturated rings. The maximum absolute atomic E-state index is 13.3. The lowest BCUT2D eigenvalue weighted by atomic mass is 10.0. The van der Waals surface area contributed by atoms with Crippen molar-refractivity contribution in [1.82, 2.24) is 9.55 Å². The average molecular weight is 462 g/mol. The Kier molecular flexibility index (Phi) is 6.62. The highest BCUT2D eigenvalue weighted by molar-refractivity contribution is 7.99. The Labute approximate surface area is 188 Å². The predicted molar refractivity (Wildman–Crippen MR) is 119 cm³/mol. The van der Waals surface area contributed by atoms with Gasteiger partial charge in [0.15, 0.2) is 10.9 Å². The molecule has 6 nitrogen and oxygen atoms in total. The lowest BCUT2D eigenvalue weighted by Crippen LogP contribution is -2.27. The Morgan fingerprint density at radius 1 is 1.13 bits per heavy atom. The van der Waals surface area contributed by atoms with Crippen LogP contribution in [0.25, 0.3) is 5.69 Å². The van der Waals surface area contributed by atoms with Crippen LogP contribution in [0.5, 0.6) is 0 Å². The molecule has 1 aromatic heterocycles. The number of nitrogen functional groups attached to an aromatic ring is 1. The summed E-state index contributed by atoms with van der Waals surface area (Å²) in [6.45, 7) is 0.967. The van der Waals surface area contributed by atoms with Crippen LogP contribution in [0, 0.1) is 5.82 Å². The Balaban J connectivity index is 1.49. The van der Waals surface area contributed by atoms with Crippen LogP contribution >= 0.6 is 23.4 Å². The molecule has 1 aliphatic heterocycles. The molecule has 2 aromatic carbocycles. The Morgan fingerprint density at radius 2 is 1.81 bits per heavy atom. The predicted octanol–water partition coefficient (Wildman–Crippen LogP) is 4.38. The van der Waals surface area contributed by atoms with Gasteiger partial charge in [-0.05, 0) is 42.8 Å². The van der Waals surface area contributed by atoms with E-state index in [-0.39, 0.29) is 5.82 Å². The monoisotopic (exact) mass is 461 g/mol. The van der Waals surface area contributed by atoms with Crippen molar-refractivity contribution in [3.63, 3.8) is 0 Å². The summed E-state index contributed by atoms with van der Waals surface area (Å²) in [5.74, 6) is -0.234. The minimum Gasteiger partial charge on any atom is -0.385 e.